The van der Waals surface area contributed by atoms with E-state index >= 15 is 0 Å². The highest BCUT2D eigenvalue weighted by atomic mass is 16.5. The van der Waals surface area contributed by atoms with Gasteiger partial charge in [0.25, 0.3) is 0 Å². The maximum Gasteiger partial charge on any atom is 0.248 e. The number of hydrogen-bond donors (Lipinski definition) is 1. The number of nitrogens with zero attached hydrogens (tertiary/aromatic N) is 2. The van der Waals surface area contributed by atoms with E-state index in [2.05, 4.69) is 15.5 Å². The van der Waals surface area contributed by atoms with Gasteiger partial charge in [0.15, 0.2) is 5.82 Å². The van der Waals surface area contributed by atoms with Crippen molar-refractivity contribution in [3.8, 4) is 0 Å². The van der Waals surface area contributed by atoms with E-state index in [0.29, 0.717) is 31.3 Å². The number of ether oxygens (including phenoxy) is 1. The van der Waals surface area contributed by atoms with Crippen LogP contribution in [0.15, 0.2) is 4.52 Å². The molecule has 1 aliphatic carbocycles. The van der Waals surface area contributed by atoms with Gasteiger partial charge in [-0.3, -0.25) is 4.79 Å². The van der Waals surface area contributed by atoms with Crippen molar-refractivity contribution in [2.75, 3.05) is 13.2 Å². The minimum Gasteiger partial charge on any atom is -0.369 e. The van der Waals surface area contributed by atoms with Gasteiger partial charge in [-0.2, -0.15) is 4.98 Å². The first-order chi connectivity index (χ1) is 9.70. The summed E-state index contributed by atoms with van der Waals surface area (Å²) in [6.07, 6.45) is 4.94. The molecule has 112 valence electrons. The molecule has 0 aliphatic heterocycles. The van der Waals surface area contributed by atoms with Gasteiger partial charge >= 0.3 is 0 Å². The SMILES string of the molecule is CCO[C@@H](C)C(=O)NCCc1noc(C2CCCC2)n1. The van der Waals surface area contributed by atoms with Crippen molar-refractivity contribution in [1.29, 1.82) is 0 Å². The molecule has 0 saturated heterocycles. The Morgan fingerprint density at radius 1 is 1.50 bits per heavy atom. The van der Waals surface area contributed by atoms with E-state index in [1.807, 2.05) is 6.92 Å². The molecule has 1 saturated carbocycles. The zero-order chi connectivity index (χ0) is 14.4. The molecule has 0 unspecified atom stereocenters. The zero-order valence-electron chi connectivity index (χ0n) is 12.2. The molecule has 0 bridgehead atoms. The van der Waals surface area contributed by atoms with Crippen LogP contribution >= 0.6 is 0 Å². The van der Waals surface area contributed by atoms with Crippen LogP contribution in [0.5, 0.6) is 0 Å². The summed E-state index contributed by atoms with van der Waals surface area (Å²) < 4.78 is 10.5. The molecular formula is C14H23N3O3. The molecule has 0 radical (unpaired) electrons. The standard InChI is InChI=1S/C14H23N3O3/c1-3-19-10(2)13(18)15-9-8-12-16-14(20-17-12)11-6-4-5-7-11/h10-11H,3-9H2,1-2H3,(H,15,18)/t10-/m0/s1. The first-order valence-corrected chi connectivity index (χ1v) is 7.42. The number of amides is 1. The van der Waals surface area contributed by atoms with E-state index < -0.39 is 6.10 Å². The molecule has 6 nitrogen and oxygen atoms in total. The Morgan fingerprint density at radius 2 is 2.25 bits per heavy atom. The summed E-state index contributed by atoms with van der Waals surface area (Å²) in [6, 6.07) is 0. The molecule has 1 heterocycles. The number of rotatable bonds is 7. The summed E-state index contributed by atoms with van der Waals surface area (Å²) in [6.45, 7) is 4.64. The van der Waals surface area contributed by atoms with E-state index in [9.17, 15) is 4.79 Å². The predicted molar refractivity (Wildman–Crippen MR) is 73.3 cm³/mol. The van der Waals surface area contributed by atoms with Gasteiger partial charge in [0.05, 0.1) is 0 Å². The van der Waals surface area contributed by atoms with Gasteiger partial charge in [0.2, 0.25) is 11.8 Å². The van der Waals surface area contributed by atoms with Crippen LogP contribution in [0, 0.1) is 0 Å². The first-order valence-electron chi connectivity index (χ1n) is 7.42. The summed E-state index contributed by atoms with van der Waals surface area (Å²) in [4.78, 5) is 16.0. The second-order valence-corrected chi connectivity index (χ2v) is 5.17. The van der Waals surface area contributed by atoms with Crippen molar-refractivity contribution in [3.63, 3.8) is 0 Å². The van der Waals surface area contributed by atoms with E-state index in [4.69, 9.17) is 9.26 Å². The lowest BCUT2D eigenvalue weighted by Crippen LogP contribution is -2.35. The van der Waals surface area contributed by atoms with E-state index in [0.717, 1.165) is 18.7 Å². The number of hydrogen-bond acceptors (Lipinski definition) is 5. The highest BCUT2D eigenvalue weighted by Crippen LogP contribution is 2.32. The number of carbonyl (C=O) groups excluding carboxylic acids is 1. The molecule has 1 aromatic rings. The Morgan fingerprint density at radius 3 is 2.95 bits per heavy atom. The smallest absolute Gasteiger partial charge is 0.248 e. The van der Waals surface area contributed by atoms with Crippen LogP contribution in [-0.4, -0.2) is 35.3 Å². The van der Waals surface area contributed by atoms with E-state index in [1.165, 1.54) is 12.8 Å². The van der Waals surface area contributed by atoms with Gasteiger partial charge in [0.1, 0.15) is 6.10 Å². The van der Waals surface area contributed by atoms with Gasteiger partial charge in [-0.25, -0.2) is 0 Å². The topological polar surface area (TPSA) is 77.2 Å². The van der Waals surface area contributed by atoms with Crippen molar-refractivity contribution < 1.29 is 14.1 Å². The second kappa shape index (κ2) is 7.38. The van der Waals surface area contributed by atoms with Gasteiger partial charge in [-0.15, -0.1) is 0 Å². The fourth-order valence-corrected chi connectivity index (χ4v) is 2.47. The van der Waals surface area contributed by atoms with Gasteiger partial charge in [-0.05, 0) is 26.7 Å². The molecule has 0 spiro atoms. The van der Waals surface area contributed by atoms with Crippen molar-refractivity contribution in [1.82, 2.24) is 15.5 Å². The Balaban J connectivity index is 1.73. The number of aromatic nitrogens is 2. The Hall–Kier alpha value is -1.43. The van der Waals surface area contributed by atoms with Gasteiger partial charge in [0, 0.05) is 25.5 Å². The van der Waals surface area contributed by atoms with Crippen LogP contribution < -0.4 is 5.32 Å². The molecule has 1 amide bonds. The van der Waals surface area contributed by atoms with Crippen molar-refractivity contribution in [3.05, 3.63) is 11.7 Å². The average Bonchev–Trinajstić information content (AvgIpc) is 3.09. The molecule has 20 heavy (non-hydrogen) atoms. The van der Waals surface area contributed by atoms with Crippen molar-refractivity contribution in [2.24, 2.45) is 0 Å². The highest BCUT2D eigenvalue weighted by Gasteiger charge is 2.22. The lowest BCUT2D eigenvalue weighted by atomic mass is 10.1. The molecule has 2 rings (SSSR count). The Kier molecular flexibility index (Phi) is 5.52. The monoisotopic (exact) mass is 281 g/mol. The van der Waals surface area contributed by atoms with Crippen LogP contribution in [0.3, 0.4) is 0 Å². The summed E-state index contributed by atoms with van der Waals surface area (Å²) in [5.74, 6) is 1.75. The summed E-state index contributed by atoms with van der Waals surface area (Å²) in [5.41, 5.74) is 0. The maximum atomic E-state index is 11.6. The van der Waals surface area contributed by atoms with Crippen LogP contribution in [-0.2, 0) is 16.0 Å². The molecule has 1 aliphatic rings. The quantitative estimate of drug-likeness (QED) is 0.824. The third kappa shape index (κ3) is 4.03. The van der Waals surface area contributed by atoms with Crippen molar-refractivity contribution in [2.45, 2.75) is 58.0 Å². The van der Waals surface area contributed by atoms with Crippen LogP contribution in [0.25, 0.3) is 0 Å². The van der Waals surface area contributed by atoms with Crippen LogP contribution in [0.4, 0.5) is 0 Å². The molecule has 6 heteroatoms. The predicted octanol–water partition coefficient (Wildman–Crippen LogP) is 1.81. The Bertz CT molecular complexity index is 427. The number of nitrogens with one attached hydrogen (secondary N) is 1. The molecule has 0 aromatic carbocycles. The summed E-state index contributed by atoms with van der Waals surface area (Å²) in [5, 5.41) is 6.78. The lowest BCUT2D eigenvalue weighted by Gasteiger charge is -2.10. The Labute approximate surface area is 119 Å². The van der Waals surface area contributed by atoms with Crippen LogP contribution in [0.2, 0.25) is 0 Å². The van der Waals surface area contributed by atoms with Crippen LogP contribution in [0.1, 0.15) is 57.2 Å². The second-order valence-electron chi connectivity index (χ2n) is 5.17. The molecule has 1 aromatic heterocycles. The number of carbonyl (C=O) groups is 1. The van der Waals surface area contributed by atoms with Crippen molar-refractivity contribution >= 4 is 5.91 Å². The third-order valence-corrected chi connectivity index (χ3v) is 3.62. The molecular weight excluding hydrogens is 258 g/mol. The van der Waals surface area contributed by atoms with E-state index in [1.54, 1.807) is 6.92 Å². The summed E-state index contributed by atoms with van der Waals surface area (Å²) >= 11 is 0. The third-order valence-electron chi connectivity index (χ3n) is 3.62. The normalized spacial score (nSPS) is 17.3. The molecule has 1 N–H and O–H groups in total. The maximum absolute atomic E-state index is 11.6. The lowest BCUT2D eigenvalue weighted by molar-refractivity contribution is -0.131. The zero-order valence-corrected chi connectivity index (χ0v) is 12.2. The first kappa shape index (κ1) is 15.0. The fraction of sp³-hybridized carbons (Fsp3) is 0.786. The minimum atomic E-state index is -0.417. The summed E-state index contributed by atoms with van der Waals surface area (Å²) in [7, 11) is 0. The van der Waals surface area contributed by atoms with Gasteiger partial charge < -0.3 is 14.6 Å². The average molecular weight is 281 g/mol. The highest BCUT2D eigenvalue weighted by molar-refractivity contribution is 5.80. The van der Waals surface area contributed by atoms with E-state index in [-0.39, 0.29) is 5.91 Å². The largest absolute Gasteiger partial charge is 0.369 e. The minimum absolute atomic E-state index is 0.105. The molecule has 1 atom stereocenters. The molecule has 1 fully saturated rings. The fourth-order valence-electron chi connectivity index (χ4n) is 2.47. The van der Waals surface area contributed by atoms with Gasteiger partial charge in [-0.1, -0.05) is 18.0 Å².